The van der Waals surface area contributed by atoms with Crippen LogP contribution < -0.4 is 16.6 Å². The first kappa shape index (κ1) is 14.5. The summed E-state index contributed by atoms with van der Waals surface area (Å²) in [6.45, 7) is 1.69. The number of carbonyl (C=O) groups is 1. The highest BCUT2D eigenvalue weighted by Crippen LogP contribution is 2.13. The second-order valence-corrected chi connectivity index (χ2v) is 5.26. The number of hydrazine groups is 1. The fourth-order valence-electron chi connectivity index (χ4n) is 1.42. The number of rotatable bonds is 5. The number of carbonyl (C=O) groups excluding carboxylic acids is 1. The first-order chi connectivity index (χ1) is 8.45. The molecule has 0 radical (unpaired) electrons. The van der Waals surface area contributed by atoms with Crippen molar-refractivity contribution in [3.8, 4) is 0 Å². The quantitative estimate of drug-likeness (QED) is 0.519. The number of halogens is 1. The lowest BCUT2D eigenvalue weighted by atomic mass is 10.2. The number of amides is 1. The third-order valence-corrected chi connectivity index (χ3v) is 3.10. The highest BCUT2D eigenvalue weighted by atomic mass is 32.2. The van der Waals surface area contributed by atoms with Crippen molar-refractivity contribution < 1.29 is 13.4 Å². The average molecular weight is 274 g/mol. The number of aromatic nitrogens is 1. The molecule has 1 heterocycles. The number of nitrogens with two attached hydrogens (primary N) is 1. The lowest BCUT2D eigenvalue weighted by Gasteiger charge is -2.13. The molecule has 0 fully saturated rings. The molecule has 0 spiro atoms. The van der Waals surface area contributed by atoms with E-state index in [0.717, 1.165) is 0 Å². The van der Waals surface area contributed by atoms with Crippen LogP contribution in [0.3, 0.4) is 0 Å². The molecule has 0 bridgehead atoms. The maximum atomic E-state index is 13.7. The molecule has 2 atom stereocenters. The van der Waals surface area contributed by atoms with Crippen molar-refractivity contribution in [2.45, 2.75) is 13.0 Å². The number of nitrogens with zero attached hydrogens (tertiary/aromatic N) is 1. The second-order valence-electron chi connectivity index (χ2n) is 3.78. The molecular weight excluding hydrogens is 259 g/mol. The van der Waals surface area contributed by atoms with E-state index < -0.39 is 22.5 Å². The lowest BCUT2D eigenvalue weighted by molar-refractivity contribution is 0.0939. The third kappa shape index (κ3) is 3.74. The Balaban J connectivity index is 2.81. The van der Waals surface area contributed by atoms with Crippen LogP contribution in [0.15, 0.2) is 12.3 Å². The van der Waals surface area contributed by atoms with Crippen molar-refractivity contribution in [1.82, 2.24) is 10.3 Å². The first-order valence-corrected chi connectivity index (χ1v) is 6.90. The van der Waals surface area contributed by atoms with Gasteiger partial charge in [-0.3, -0.25) is 9.00 Å². The Morgan fingerprint density at radius 2 is 2.33 bits per heavy atom. The SMILES string of the molecule is CC(CS(C)=O)NC(=O)c1ccnc(NN)c1F. The van der Waals surface area contributed by atoms with Gasteiger partial charge in [-0.2, -0.15) is 0 Å². The number of anilines is 1. The highest BCUT2D eigenvalue weighted by Gasteiger charge is 2.17. The molecule has 1 aromatic rings. The number of hydrogen-bond donors (Lipinski definition) is 3. The Labute approximate surface area is 107 Å². The van der Waals surface area contributed by atoms with Crippen LogP contribution in [0.25, 0.3) is 0 Å². The Bertz CT molecular complexity index is 469. The summed E-state index contributed by atoms with van der Waals surface area (Å²) in [4.78, 5) is 15.4. The number of nitrogen functional groups attached to an aromatic ring is 1. The van der Waals surface area contributed by atoms with E-state index in [1.54, 1.807) is 6.92 Å². The summed E-state index contributed by atoms with van der Waals surface area (Å²) in [7, 11) is -1.03. The van der Waals surface area contributed by atoms with Gasteiger partial charge in [0.05, 0.1) is 5.56 Å². The Morgan fingerprint density at radius 1 is 1.67 bits per heavy atom. The third-order valence-electron chi connectivity index (χ3n) is 2.13. The average Bonchev–Trinajstić information content (AvgIpc) is 2.27. The largest absolute Gasteiger partial charge is 0.349 e. The summed E-state index contributed by atoms with van der Waals surface area (Å²) in [6.07, 6.45) is 2.81. The molecule has 0 aliphatic carbocycles. The molecular formula is C10H15FN4O2S. The molecule has 1 rings (SSSR count). The molecule has 1 amide bonds. The lowest BCUT2D eigenvalue weighted by Crippen LogP contribution is -2.36. The fraction of sp³-hybridized carbons (Fsp3) is 0.400. The minimum Gasteiger partial charge on any atom is -0.349 e. The van der Waals surface area contributed by atoms with Gasteiger partial charge in [-0.25, -0.2) is 15.2 Å². The standard InChI is InChI=1S/C10H15FN4O2S/c1-6(5-18(2)17)14-10(16)7-3-4-13-9(15-12)8(7)11/h3-4,6H,5,12H2,1-2H3,(H,13,15)(H,14,16). The maximum Gasteiger partial charge on any atom is 0.254 e. The molecule has 6 nitrogen and oxygen atoms in total. The van der Waals surface area contributed by atoms with Crippen molar-refractivity contribution in [2.75, 3.05) is 17.4 Å². The van der Waals surface area contributed by atoms with Gasteiger partial charge in [-0.15, -0.1) is 0 Å². The van der Waals surface area contributed by atoms with Gasteiger partial charge in [-0.1, -0.05) is 0 Å². The molecule has 100 valence electrons. The van der Waals surface area contributed by atoms with Crippen LogP contribution in [-0.4, -0.2) is 33.2 Å². The van der Waals surface area contributed by atoms with Crippen molar-refractivity contribution in [1.29, 1.82) is 0 Å². The number of hydrogen-bond acceptors (Lipinski definition) is 5. The second kappa shape index (κ2) is 6.41. The molecule has 8 heteroatoms. The van der Waals surface area contributed by atoms with E-state index in [1.165, 1.54) is 18.5 Å². The van der Waals surface area contributed by atoms with Gasteiger partial charge in [0.1, 0.15) is 0 Å². The Kier molecular flexibility index (Phi) is 5.17. The number of nitrogens with one attached hydrogen (secondary N) is 2. The van der Waals surface area contributed by atoms with Gasteiger partial charge in [0, 0.05) is 35.0 Å². The topological polar surface area (TPSA) is 97.1 Å². The summed E-state index contributed by atoms with van der Waals surface area (Å²) < 4.78 is 24.7. The zero-order chi connectivity index (χ0) is 13.7. The molecule has 1 aromatic heterocycles. The molecule has 4 N–H and O–H groups in total. The molecule has 0 aliphatic heterocycles. The Morgan fingerprint density at radius 3 is 2.89 bits per heavy atom. The highest BCUT2D eigenvalue weighted by molar-refractivity contribution is 7.84. The molecule has 0 saturated carbocycles. The van der Waals surface area contributed by atoms with Crippen molar-refractivity contribution >= 4 is 22.5 Å². The smallest absolute Gasteiger partial charge is 0.254 e. The molecule has 0 saturated heterocycles. The van der Waals surface area contributed by atoms with Crippen LogP contribution in [0.5, 0.6) is 0 Å². The summed E-state index contributed by atoms with van der Waals surface area (Å²) in [5.74, 6) is 3.76. The van der Waals surface area contributed by atoms with Crippen molar-refractivity contribution in [3.63, 3.8) is 0 Å². The maximum absolute atomic E-state index is 13.7. The van der Waals surface area contributed by atoms with Gasteiger partial charge < -0.3 is 10.7 Å². The predicted molar refractivity (Wildman–Crippen MR) is 67.9 cm³/mol. The van der Waals surface area contributed by atoms with E-state index in [0.29, 0.717) is 5.75 Å². The van der Waals surface area contributed by atoms with Crippen LogP contribution in [0.2, 0.25) is 0 Å². The van der Waals surface area contributed by atoms with E-state index in [1.807, 2.05) is 0 Å². The van der Waals surface area contributed by atoms with Crippen LogP contribution >= 0.6 is 0 Å². The predicted octanol–water partition coefficient (Wildman–Crippen LogP) is 0.00310. The zero-order valence-electron chi connectivity index (χ0n) is 10.1. The van der Waals surface area contributed by atoms with Crippen LogP contribution in [0.4, 0.5) is 10.2 Å². The first-order valence-electron chi connectivity index (χ1n) is 5.17. The summed E-state index contributed by atoms with van der Waals surface area (Å²) >= 11 is 0. The van der Waals surface area contributed by atoms with Crippen molar-refractivity contribution in [3.05, 3.63) is 23.6 Å². The fourth-order valence-corrected chi connectivity index (χ4v) is 2.20. The molecule has 0 aromatic carbocycles. The van der Waals surface area contributed by atoms with Gasteiger partial charge in [0.25, 0.3) is 5.91 Å². The molecule has 18 heavy (non-hydrogen) atoms. The van der Waals surface area contributed by atoms with Gasteiger partial charge in [-0.05, 0) is 13.0 Å². The summed E-state index contributed by atoms with van der Waals surface area (Å²) in [6, 6.07) is 0.936. The van der Waals surface area contributed by atoms with Gasteiger partial charge in [0.15, 0.2) is 11.6 Å². The molecule has 2 unspecified atom stereocenters. The van der Waals surface area contributed by atoms with Crippen molar-refractivity contribution in [2.24, 2.45) is 5.84 Å². The Hall–Kier alpha value is -1.54. The normalized spacial score (nSPS) is 13.8. The van der Waals surface area contributed by atoms with E-state index in [-0.39, 0.29) is 17.4 Å². The minimum atomic E-state index is -1.03. The zero-order valence-corrected chi connectivity index (χ0v) is 10.9. The van der Waals surface area contributed by atoms with Crippen LogP contribution in [-0.2, 0) is 10.8 Å². The molecule has 0 aliphatic rings. The summed E-state index contributed by atoms with van der Waals surface area (Å²) in [5.41, 5.74) is 1.90. The van der Waals surface area contributed by atoms with E-state index in [2.05, 4.69) is 15.7 Å². The number of pyridine rings is 1. The van der Waals surface area contributed by atoms with Gasteiger partial charge in [0.2, 0.25) is 0 Å². The van der Waals surface area contributed by atoms with Crippen LogP contribution in [0, 0.1) is 5.82 Å². The summed E-state index contributed by atoms with van der Waals surface area (Å²) in [5, 5.41) is 2.55. The van der Waals surface area contributed by atoms with Crippen LogP contribution in [0.1, 0.15) is 17.3 Å². The van der Waals surface area contributed by atoms with E-state index in [4.69, 9.17) is 5.84 Å². The monoisotopic (exact) mass is 274 g/mol. The van der Waals surface area contributed by atoms with Gasteiger partial charge >= 0.3 is 0 Å². The van der Waals surface area contributed by atoms with E-state index >= 15 is 0 Å². The van der Waals surface area contributed by atoms with E-state index in [9.17, 15) is 13.4 Å². The minimum absolute atomic E-state index is 0.160.